The highest BCUT2D eigenvalue weighted by Gasteiger charge is 2.35. The molecule has 0 aromatic carbocycles. The third-order valence-electron chi connectivity index (χ3n) is 2.04. The first kappa shape index (κ1) is 17.2. The lowest BCUT2D eigenvalue weighted by Crippen LogP contribution is -2.24. The molecule has 0 radical (unpaired) electrons. The highest BCUT2D eigenvalue weighted by atomic mass is 79.9. The van der Waals surface area contributed by atoms with Gasteiger partial charge in [0, 0.05) is 10.7 Å². The maximum absolute atomic E-state index is 12.9. The van der Waals surface area contributed by atoms with Crippen LogP contribution >= 0.6 is 15.9 Å². The van der Waals surface area contributed by atoms with Gasteiger partial charge in [0.05, 0.1) is 6.61 Å². The van der Waals surface area contributed by atoms with Crippen LogP contribution in [0.4, 0.5) is 19.0 Å². The lowest BCUT2D eigenvalue weighted by Gasteiger charge is -2.08. The minimum atomic E-state index is -4.79. The summed E-state index contributed by atoms with van der Waals surface area (Å²) in [6.45, 7) is 1.51. The van der Waals surface area contributed by atoms with Gasteiger partial charge in [0.1, 0.15) is 11.4 Å². The minimum absolute atomic E-state index is 0.000134. The maximum Gasteiger partial charge on any atom is 0.433 e. The number of aliphatic imine (C=N–C) groups is 1. The number of alkyl halides is 3. The van der Waals surface area contributed by atoms with E-state index < -0.39 is 23.6 Å². The predicted molar refractivity (Wildman–Crippen MR) is 74.0 cm³/mol. The van der Waals surface area contributed by atoms with Gasteiger partial charge < -0.3 is 10.5 Å². The van der Waals surface area contributed by atoms with Crippen LogP contribution < -0.4 is 5.73 Å². The Morgan fingerprint density at radius 1 is 1.52 bits per heavy atom. The third-order valence-corrected chi connectivity index (χ3v) is 2.51. The lowest BCUT2D eigenvalue weighted by molar-refractivity contribution is -0.138. The van der Waals surface area contributed by atoms with E-state index in [0.717, 1.165) is 0 Å². The zero-order valence-corrected chi connectivity index (χ0v) is 12.4. The smallest absolute Gasteiger partial charge is 0.433 e. The number of ether oxygens (including phenoxy) is 1. The van der Waals surface area contributed by atoms with Crippen molar-refractivity contribution in [3.05, 3.63) is 34.6 Å². The molecule has 0 unspecified atom stereocenters. The molecule has 0 saturated heterocycles. The molecule has 0 aliphatic carbocycles. The van der Waals surface area contributed by atoms with Crippen molar-refractivity contribution in [1.82, 2.24) is 4.98 Å². The first-order valence-corrected chi connectivity index (χ1v) is 6.45. The van der Waals surface area contributed by atoms with E-state index in [0.29, 0.717) is 10.5 Å². The second-order valence-corrected chi connectivity index (χ2v) is 4.57. The van der Waals surface area contributed by atoms with Crippen molar-refractivity contribution in [2.24, 2.45) is 10.7 Å². The topological polar surface area (TPSA) is 77.6 Å². The van der Waals surface area contributed by atoms with Crippen molar-refractivity contribution in [3.63, 3.8) is 0 Å². The van der Waals surface area contributed by atoms with Crippen molar-refractivity contribution in [3.8, 4) is 0 Å². The molecule has 9 heteroatoms. The molecule has 0 amide bonds. The number of rotatable bonds is 4. The molecule has 0 spiro atoms. The van der Waals surface area contributed by atoms with Gasteiger partial charge in [-0.15, -0.1) is 0 Å². The lowest BCUT2D eigenvalue weighted by atomic mass is 10.3. The molecule has 5 nitrogen and oxygen atoms in total. The van der Waals surface area contributed by atoms with Crippen LogP contribution in [0, 0.1) is 0 Å². The van der Waals surface area contributed by atoms with Crippen LogP contribution in [-0.2, 0) is 9.53 Å². The average molecular weight is 366 g/mol. The van der Waals surface area contributed by atoms with Crippen LogP contribution in [0.5, 0.6) is 0 Å². The second kappa shape index (κ2) is 7.21. The summed E-state index contributed by atoms with van der Waals surface area (Å²) >= 11 is 3.10. The molecule has 0 aliphatic rings. The molecule has 21 heavy (non-hydrogen) atoms. The van der Waals surface area contributed by atoms with E-state index in [1.54, 1.807) is 0 Å². The number of allylic oxidation sites excluding steroid dienone is 1. The predicted octanol–water partition coefficient (Wildman–Crippen LogP) is 2.88. The Morgan fingerprint density at radius 2 is 2.19 bits per heavy atom. The number of hydrogen-bond acceptors (Lipinski definition) is 5. The Morgan fingerprint density at radius 3 is 2.67 bits per heavy atom. The van der Waals surface area contributed by atoms with E-state index in [9.17, 15) is 18.0 Å². The van der Waals surface area contributed by atoms with E-state index in [1.807, 2.05) is 0 Å². The van der Waals surface area contributed by atoms with Gasteiger partial charge in [0.25, 0.3) is 0 Å². The summed E-state index contributed by atoms with van der Waals surface area (Å²) < 4.78 is 43.7. The Hall–Kier alpha value is -1.90. The summed E-state index contributed by atoms with van der Waals surface area (Å²) in [6, 6.07) is 2.77. The van der Waals surface area contributed by atoms with Crippen LogP contribution in [0.15, 0.2) is 39.6 Å². The molecule has 0 saturated carbocycles. The maximum atomic E-state index is 12.9. The van der Waals surface area contributed by atoms with Crippen molar-refractivity contribution in [2.75, 3.05) is 6.61 Å². The van der Waals surface area contributed by atoms with Crippen LogP contribution in [0.2, 0.25) is 0 Å². The van der Waals surface area contributed by atoms with Crippen molar-refractivity contribution in [2.45, 2.75) is 13.1 Å². The Bertz CT molecular complexity index is 568. The summed E-state index contributed by atoms with van der Waals surface area (Å²) in [5, 5.41) is 0. The zero-order chi connectivity index (χ0) is 16.0. The largest absolute Gasteiger partial charge is 0.461 e. The highest BCUT2D eigenvalue weighted by molar-refractivity contribution is 9.10. The number of esters is 1. The average Bonchev–Trinajstić information content (AvgIpc) is 2.39. The molecular weight excluding hydrogens is 355 g/mol. The molecule has 1 rings (SSSR count). The van der Waals surface area contributed by atoms with Gasteiger partial charge in [-0.05, 0) is 41.1 Å². The number of pyridine rings is 1. The fraction of sp³-hybridized carbons (Fsp3) is 0.250. The SMILES string of the molecule is CCOC(=O)/C(N)=C/C(=Nc1ccc(Br)cn1)C(F)(F)F. The number of halogens is 4. The zero-order valence-electron chi connectivity index (χ0n) is 10.8. The molecule has 1 aromatic rings. The van der Waals surface area contributed by atoms with Gasteiger partial charge in [0.15, 0.2) is 5.82 Å². The van der Waals surface area contributed by atoms with Gasteiger partial charge >= 0.3 is 12.1 Å². The first-order valence-electron chi connectivity index (χ1n) is 5.65. The fourth-order valence-electron chi connectivity index (χ4n) is 1.16. The number of carbonyl (C=O) groups is 1. The van der Waals surface area contributed by atoms with Crippen molar-refractivity contribution in [1.29, 1.82) is 0 Å². The summed E-state index contributed by atoms with van der Waals surface area (Å²) in [5.74, 6) is -1.21. The normalized spacial score (nSPS) is 13.2. The quantitative estimate of drug-likeness (QED) is 0.505. The third kappa shape index (κ3) is 5.54. The van der Waals surface area contributed by atoms with E-state index in [4.69, 9.17) is 5.73 Å². The second-order valence-electron chi connectivity index (χ2n) is 3.65. The standard InChI is InChI=1S/C12H11BrF3N3O2/c1-2-21-11(20)8(17)5-9(12(14,15)16)19-10-4-3-7(13)6-18-10/h3-6H,2,17H2,1H3/b8-5-,19-9?. The van der Waals surface area contributed by atoms with Gasteiger partial charge in [-0.3, -0.25) is 0 Å². The van der Waals surface area contributed by atoms with Crippen LogP contribution in [0.3, 0.4) is 0 Å². The summed E-state index contributed by atoms with van der Waals surface area (Å²) in [6.07, 6.45) is -3.07. The number of nitrogens with two attached hydrogens (primary N) is 1. The van der Waals surface area contributed by atoms with E-state index in [1.165, 1.54) is 25.3 Å². The highest BCUT2D eigenvalue weighted by Crippen LogP contribution is 2.22. The fourth-order valence-corrected chi connectivity index (χ4v) is 1.39. The summed E-state index contributed by atoms with van der Waals surface area (Å²) in [5.41, 5.74) is 3.22. The Labute approximate surface area is 126 Å². The number of aromatic nitrogens is 1. The minimum Gasteiger partial charge on any atom is -0.461 e. The molecule has 0 fully saturated rings. The molecule has 0 aliphatic heterocycles. The van der Waals surface area contributed by atoms with Gasteiger partial charge in [-0.25, -0.2) is 14.8 Å². The van der Waals surface area contributed by atoms with Gasteiger partial charge in [-0.1, -0.05) is 0 Å². The Balaban J connectivity index is 3.15. The van der Waals surface area contributed by atoms with Crippen LogP contribution in [-0.4, -0.2) is 29.4 Å². The number of nitrogens with zero attached hydrogens (tertiary/aromatic N) is 2. The van der Waals surface area contributed by atoms with E-state index in [2.05, 4.69) is 30.6 Å². The molecule has 114 valence electrons. The Kier molecular flexibility index (Phi) is 5.89. The van der Waals surface area contributed by atoms with Crippen LogP contribution in [0.25, 0.3) is 0 Å². The van der Waals surface area contributed by atoms with Crippen molar-refractivity contribution < 1.29 is 22.7 Å². The summed E-state index contributed by atoms with van der Waals surface area (Å²) in [7, 11) is 0. The van der Waals surface area contributed by atoms with Gasteiger partial charge in [0.2, 0.25) is 0 Å². The van der Waals surface area contributed by atoms with Crippen LogP contribution in [0.1, 0.15) is 6.92 Å². The summed E-state index contributed by atoms with van der Waals surface area (Å²) in [4.78, 5) is 18.3. The van der Waals surface area contributed by atoms with Crippen molar-refractivity contribution >= 4 is 33.4 Å². The molecule has 2 N–H and O–H groups in total. The van der Waals surface area contributed by atoms with E-state index in [-0.39, 0.29) is 12.4 Å². The molecule has 1 aromatic heterocycles. The monoisotopic (exact) mass is 365 g/mol. The molecule has 1 heterocycles. The number of hydrogen-bond donors (Lipinski definition) is 1. The number of carbonyl (C=O) groups excluding carboxylic acids is 1. The van der Waals surface area contributed by atoms with E-state index >= 15 is 0 Å². The molecular formula is C12H11BrF3N3O2. The van der Waals surface area contributed by atoms with Gasteiger partial charge in [-0.2, -0.15) is 13.2 Å². The molecule has 0 atom stereocenters. The first-order chi connectivity index (χ1) is 9.74. The molecule has 0 bridgehead atoms.